The van der Waals surface area contributed by atoms with Crippen molar-refractivity contribution in [3.63, 3.8) is 0 Å². The highest BCUT2D eigenvalue weighted by atomic mass is 15.2. The summed E-state index contributed by atoms with van der Waals surface area (Å²) in [5.74, 6) is 0.904. The van der Waals surface area contributed by atoms with Gasteiger partial charge in [-0.15, -0.1) is 0 Å². The molecule has 5 nitrogen and oxygen atoms in total. The van der Waals surface area contributed by atoms with E-state index < -0.39 is 0 Å². The fourth-order valence-electron chi connectivity index (χ4n) is 3.21. The summed E-state index contributed by atoms with van der Waals surface area (Å²) >= 11 is 0. The van der Waals surface area contributed by atoms with E-state index in [0.29, 0.717) is 0 Å². The third kappa shape index (κ3) is 4.18. The number of fused-ring (bicyclic) bond motifs is 1. The average Bonchev–Trinajstić information content (AvgIpc) is 2.89. The van der Waals surface area contributed by atoms with Crippen molar-refractivity contribution in [2.45, 2.75) is 19.6 Å². The van der Waals surface area contributed by atoms with Crippen molar-refractivity contribution in [3.05, 3.63) is 83.8 Å². The van der Waals surface area contributed by atoms with Crippen molar-refractivity contribution in [1.29, 1.82) is 0 Å². The molecule has 0 fully saturated rings. The van der Waals surface area contributed by atoms with E-state index in [-0.39, 0.29) is 0 Å². The van der Waals surface area contributed by atoms with Crippen LogP contribution in [0.2, 0.25) is 0 Å². The number of nitrogens with one attached hydrogen (secondary N) is 2. The van der Waals surface area contributed by atoms with Gasteiger partial charge in [-0.05, 0) is 17.2 Å². The standard InChI is InChI=1S/C21H23N5/c1-2-5-17(6-3-1)13-24-21-11-20-19(14-25-21)16-26(10-9-23-20)15-18-7-4-8-22-12-18/h1-8,11-12,14,23H,9-10,13,15-16H2,(H,24,25). The normalized spacial score (nSPS) is 14.2. The summed E-state index contributed by atoms with van der Waals surface area (Å²) in [6.07, 6.45) is 5.74. The zero-order valence-electron chi connectivity index (χ0n) is 14.7. The Labute approximate surface area is 154 Å². The summed E-state index contributed by atoms with van der Waals surface area (Å²) in [5, 5.41) is 6.95. The van der Waals surface area contributed by atoms with Crippen LogP contribution >= 0.6 is 0 Å². The molecule has 0 saturated carbocycles. The van der Waals surface area contributed by atoms with E-state index in [1.165, 1.54) is 22.4 Å². The van der Waals surface area contributed by atoms with Gasteiger partial charge in [-0.3, -0.25) is 9.88 Å². The van der Waals surface area contributed by atoms with Gasteiger partial charge in [0.25, 0.3) is 0 Å². The minimum atomic E-state index is 0.778. The van der Waals surface area contributed by atoms with Crippen molar-refractivity contribution in [1.82, 2.24) is 14.9 Å². The Morgan fingerprint density at radius 3 is 2.77 bits per heavy atom. The number of anilines is 2. The van der Waals surface area contributed by atoms with Gasteiger partial charge in [0.1, 0.15) is 5.82 Å². The molecule has 0 radical (unpaired) electrons. The molecule has 1 aliphatic heterocycles. The van der Waals surface area contributed by atoms with Crippen LogP contribution in [0.3, 0.4) is 0 Å². The van der Waals surface area contributed by atoms with Crippen LogP contribution in [0, 0.1) is 0 Å². The van der Waals surface area contributed by atoms with Gasteiger partial charge in [0.2, 0.25) is 0 Å². The summed E-state index contributed by atoms with van der Waals surface area (Å²) in [6.45, 7) is 4.50. The summed E-state index contributed by atoms with van der Waals surface area (Å²) in [7, 11) is 0. The van der Waals surface area contributed by atoms with Gasteiger partial charge < -0.3 is 10.6 Å². The van der Waals surface area contributed by atoms with Gasteiger partial charge in [-0.1, -0.05) is 36.4 Å². The molecular weight excluding hydrogens is 322 g/mol. The van der Waals surface area contributed by atoms with E-state index in [1.807, 2.05) is 30.7 Å². The van der Waals surface area contributed by atoms with Crippen molar-refractivity contribution in [2.75, 3.05) is 23.7 Å². The molecule has 0 aliphatic carbocycles. The zero-order chi connectivity index (χ0) is 17.6. The highest BCUT2D eigenvalue weighted by Gasteiger charge is 2.15. The van der Waals surface area contributed by atoms with E-state index in [9.17, 15) is 0 Å². The molecule has 2 N–H and O–H groups in total. The molecule has 3 heterocycles. The maximum absolute atomic E-state index is 4.60. The highest BCUT2D eigenvalue weighted by Crippen LogP contribution is 2.23. The Hall–Kier alpha value is -2.92. The number of nitrogens with zero attached hydrogens (tertiary/aromatic N) is 3. The van der Waals surface area contributed by atoms with E-state index in [0.717, 1.165) is 38.5 Å². The van der Waals surface area contributed by atoms with Gasteiger partial charge in [-0.25, -0.2) is 4.98 Å². The smallest absolute Gasteiger partial charge is 0.128 e. The lowest BCUT2D eigenvalue weighted by molar-refractivity contribution is 0.271. The van der Waals surface area contributed by atoms with Crippen molar-refractivity contribution < 1.29 is 0 Å². The second kappa shape index (κ2) is 7.97. The molecule has 2 aromatic heterocycles. The lowest BCUT2D eigenvalue weighted by Crippen LogP contribution is -2.25. The van der Waals surface area contributed by atoms with Gasteiger partial charge >= 0.3 is 0 Å². The largest absolute Gasteiger partial charge is 0.383 e. The number of aromatic nitrogens is 2. The van der Waals surface area contributed by atoms with Crippen LogP contribution in [0.15, 0.2) is 67.1 Å². The number of hydrogen-bond acceptors (Lipinski definition) is 5. The third-order valence-corrected chi connectivity index (χ3v) is 4.57. The molecule has 5 heteroatoms. The van der Waals surface area contributed by atoms with Crippen LogP contribution < -0.4 is 10.6 Å². The van der Waals surface area contributed by atoms with Crippen molar-refractivity contribution >= 4 is 11.5 Å². The minimum absolute atomic E-state index is 0.778. The van der Waals surface area contributed by atoms with Crippen LogP contribution in [0.25, 0.3) is 0 Å². The molecule has 3 aromatic rings. The van der Waals surface area contributed by atoms with E-state index in [1.54, 1.807) is 0 Å². The molecule has 4 rings (SSSR count). The topological polar surface area (TPSA) is 53.1 Å². The Balaban J connectivity index is 1.42. The molecule has 0 unspecified atom stereocenters. The summed E-state index contributed by atoms with van der Waals surface area (Å²) in [4.78, 5) is 11.2. The van der Waals surface area contributed by atoms with Gasteiger partial charge in [0.05, 0.1) is 0 Å². The Bertz CT molecular complexity index is 836. The zero-order valence-corrected chi connectivity index (χ0v) is 14.7. The predicted octanol–water partition coefficient (Wildman–Crippen LogP) is 3.52. The molecule has 0 spiro atoms. The fourth-order valence-corrected chi connectivity index (χ4v) is 3.21. The molecule has 0 atom stereocenters. The Morgan fingerprint density at radius 2 is 1.92 bits per heavy atom. The first-order valence-electron chi connectivity index (χ1n) is 8.99. The highest BCUT2D eigenvalue weighted by molar-refractivity contribution is 5.58. The van der Waals surface area contributed by atoms with Crippen molar-refractivity contribution in [3.8, 4) is 0 Å². The van der Waals surface area contributed by atoms with Gasteiger partial charge in [0.15, 0.2) is 0 Å². The molecule has 1 aliphatic rings. The maximum atomic E-state index is 4.60. The predicted molar refractivity (Wildman–Crippen MR) is 105 cm³/mol. The van der Waals surface area contributed by atoms with Crippen LogP contribution in [0.5, 0.6) is 0 Å². The van der Waals surface area contributed by atoms with Crippen LogP contribution in [-0.4, -0.2) is 28.0 Å². The fraction of sp³-hybridized carbons (Fsp3) is 0.238. The first-order chi connectivity index (χ1) is 12.9. The molecule has 1 aromatic carbocycles. The lowest BCUT2D eigenvalue weighted by Gasteiger charge is -2.19. The molecule has 0 saturated heterocycles. The third-order valence-electron chi connectivity index (χ3n) is 4.57. The first-order valence-corrected chi connectivity index (χ1v) is 8.99. The molecule has 132 valence electrons. The van der Waals surface area contributed by atoms with Gasteiger partial charge in [0, 0.05) is 68.6 Å². The quantitative estimate of drug-likeness (QED) is 0.741. The maximum Gasteiger partial charge on any atom is 0.128 e. The molecular formula is C21H23N5. The second-order valence-electron chi connectivity index (χ2n) is 6.56. The first kappa shape index (κ1) is 16.5. The number of hydrogen-bond donors (Lipinski definition) is 2. The monoisotopic (exact) mass is 345 g/mol. The summed E-state index contributed by atoms with van der Waals surface area (Å²) in [6, 6.07) is 16.6. The summed E-state index contributed by atoms with van der Waals surface area (Å²) in [5.41, 5.74) is 4.89. The number of pyridine rings is 2. The summed E-state index contributed by atoms with van der Waals surface area (Å²) < 4.78 is 0. The van der Waals surface area contributed by atoms with Gasteiger partial charge in [-0.2, -0.15) is 0 Å². The Kier molecular flexibility index (Phi) is 5.07. The average molecular weight is 345 g/mol. The van der Waals surface area contributed by atoms with Crippen LogP contribution in [-0.2, 0) is 19.6 Å². The lowest BCUT2D eigenvalue weighted by atomic mass is 10.2. The molecule has 26 heavy (non-hydrogen) atoms. The SMILES string of the molecule is c1ccc(CNc2cc3c(cn2)CN(Cc2cccnc2)CCN3)cc1. The van der Waals surface area contributed by atoms with E-state index >= 15 is 0 Å². The van der Waals surface area contributed by atoms with Crippen LogP contribution in [0.4, 0.5) is 11.5 Å². The second-order valence-corrected chi connectivity index (χ2v) is 6.56. The minimum Gasteiger partial charge on any atom is -0.383 e. The van der Waals surface area contributed by atoms with E-state index in [4.69, 9.17) is 0 Å². The van der Waals surface area contributed by atoms with Crippen LogP contribution in [0.1, 0.15) is 16.7 Å². The molecule has 0 amide bonds. The van der Waals surface area contributed by atoms with E-state index in [2.05, 4.69) is 61.9 Å². The van der Waals surface area contributed by atoms with Crippen molar-refractivity contribution in [2.24, 2.45) is 0 Å². The number of rotatable bonds is 5. The Morgan fingerprint density at radius 1 is 1.04 bits per heavy atom. The number of benzene rings is 1. The molecule has 0 bridgehead atoms.